The van der Waals surface area contributed by atoms with Gasteiger partial charge in [0.1, 0.15) is 0 Å². The Bertz CT molecular complexity index is 231. The normalized spacial score (nSPS) is 19.7. The first-order valence-electron chi connectivity index (χ1n) is 4.56. The van der Waals surface area contributed by atoms with E-state index in [4.69, 9.17) is 16.9 Å². The van der Waals surface area contributed by atoms with Crippen molar-refractivity contribution in [1.29, 1.82) is 0 Å². The quantitative estimate of drug-likeness (QED) is 0.552. The molecule has 0 aromatic rings. The molecule has 5 heteroatoms. The van der Waals surface area contributed by atoms with E-state index in [1.807, 2.05) is 0 Å². The number of nitrogens with zero attached hydrogens (tertiary/aromatic N) is 1. The largest absolute Gasteiger partial charge is 0.379 e. The van der Waals surface area contributed by atoms with Gasteiger partial charge in [-0.3, -0.25) is 10.2 Å². The number of morpholine rings is 1. The number of ether oxygens (including phenoxy) is 1. The Labute approximate surface area is 83.5 Å². The number of hydrazine groups is 1. The molecule has 1 atom stereocenters. The zero-order valence-electron chi connectivity index (χ0n) is 8.03. The van der Waals surface area contributed by atoms with Crippen LogP contribution in [0.1, 0.15) is 6.42 Å². The van der Waals surface area contributed by atoms with Crippen molar-refractivity contribution in [2.45, 2.75) is 12.5 Å². The predicted octanol–water partition coefficient (Wildman–Crippen LogP) is -1.30. The number of hydrogen-bond acceptors (Lipinski definition) is 4. The molecular weight excluding hydrogens is 182 g/mol. The molecule has 0 aromatic carbocycles. The van der Waals surface area contributed by atoms with Crippen LogP contribution in [0, 0.1) is 12.3 Å². The lowest BCUT2D eigenvalue weighted by Crippen LogP contribution is -2.53. The Hall–Kier alpha value is -1.09. The number of amides is 1. The van der Waals surface area contributed by atoms with Crippen molar-refractivity contribution < 1.29 is 9.53 Å². The highest BCUT2D eigenvalue weighted by atomic mass is 16.5. The minimum Gasteiger partial charge on any atom is -0.379 e. The summed E-state index contributed by atoms with van der Waals surface area (Å²) in [6.07, 6.45) is 5.32. The highest BCUT2D eigenvalue weighted by molar-refractivity contribution is 5.81. The molecule has 1 saturated heterocycles. The summed E-state index contributed by atoms with van der Waals surface area (Å²) in [4.78, 5) is 11.4. The van der Waals surface area contributed by atoms with Crippen LogP contribution in [-0.2, 0) is 9.53 Å². The fraction of sp³-hybridized carbons (Fsp3) is 0.667. The molecule has 1 unspecified atom stereocenters. The molecule has 0 saturated carbocycles. The lowest BCUT2D eigenvalue weighted by molar-refractivity contribution is -0.129. The maximum Gasteiger partial charge on any atom is 0.252 e. The summed E-state index contributed by atoms with van der Waals surface area (Å²) in [5.74, 6) is 2.12. The molecule has 0 spiro atoms. The summed E-state index contributed by atoms with van der Waals surface area (Å²) >= 11 is 0. The zero-order valence-corrected chi connectivity index (χ0v) is 8.03. The number of rotatable bonds is 3. The average Bonchev–Trinajstić information content (AvgIpc) is 2.19. The standard InChI is InChI=1S/C9H15N3O2/c1-2-3-8(10)9(13)11-12-4-6-14-7-5-12/h1,8H,3-7,10H2,(H,11,13). The van der Waals surface area contributed by atoms with Gasteiger partial charge in [-0.25, -0.2) is 5.01 Å². The first kappa shape index (κ1) is 11.0. The van der Waals surface area contributed by atoms with Gasteiger partial charge < -0.3 is 10.5 Å². The maximum atomic E-state index is 11.4. The van der Waals surface area contributed by atoms with Crippen molar-refractivity contribution in [1.82, 2.24) is 10.4 Å². The van der Waals surface area contributed by atoms with Crippen LogP contribution in [0.15, 0.2) is 0 Å². The lowest BCUT2D eigenvalue weighted by atomic mass is 10.2. The van der Waals surface area contributed by atoms with Crippen molar-refractivity contribution in [3.63, 3.8) is 0 Å². The van der Waals surface area contributed by atoms with Gasteiger partial charge in [0.2, 0.25) is 0 Å². The summed E-state index contributed by atoms with van der Waals surface area (Å²) in [5, 5.41) is 1.79. The summed E-state index contributed by atoms with van der Waals surface area (Å²) in [7, 11) is 0. The zero-order chi connectivity index (χ0) is 10.4. The first-order valence-corrected chi connectivity index (χ1v) is 4.56. The molecule has 0 radical (unpaired) electrons. The fourth-order valence-corrected chi connectivity index (χ4v) is 1.13. The number of carbonyl (C=O) groups excluding carboxylic acids is 1. The number of nitrogens with two attached hydrogens (primary N) is 1. The Morgan fingerprint density at radius 1 is 1.64 bits per heavy atom. The van der Waals surface area contributed by atoms with Gasteiger partial charge in [0.15, 0.2) is 0 Å². The molecule has 0 aliphatic carbocycles. The van der Waals surface area contributed by atoms with E-state index in [1.54, 1.807) is 5.01 Å². The predicted molar refractivity (Wildman–Crippen MR) is 52.0 cm³/mol. The van der Waals surface area contributed by atoms with Gasteiger partial charge in [-0.1, -0.05) is 0 Å². The molecule has 1 heterocycles. The van der Waals surface area contributed by atoms with E-state index in [0.717, 1.165) is 0 Å². The van der Waals surface area contributed by atoms with Gasteiger partial charge in [-0.15, -0.1) is 12.3 Å². The van der Waals surface area contributed by atoms with Crippen molar-refractivity contribution in [3.05, 3.63) is 0 Å². The van der Waals surface area contributed by atoms with Gasteiger partial charge >= 0.3 is 0 Å². The van der Waals surface area contributed by atoms with E-state index in [-0.39, 0.29) is 12.3 Å². The molecule has 78 valence electrons. The third-order valence-corrected chi connectivity index (χ3v) is 1.95. The Morgan fingerprint density at radius 2 is 2.29 bits per heavy atom. The fourth-order valence-electron chi connectivity index (χ4n) is 1.13. The number of carbonyl (C=O) groups is 1. The van der Waals surface area contributed by atoms with E-state index >= 15 is 0 Å². The second-order valence-corrected chi connectivity index (χ2v) is 3.09. The minimum atomic E-state index is -0.622. The Balaban J connectivity index is 2.28. The molecular formula is C9H15N3O2. The molecule has 1 aliphatic rings. The number of hydrogen-bond donors (Lipinski definition) is 2. The molecule has 1 aliphatic heterocycles. The Kier molecular flexibility index (Phi) is 4.40. The van der Waals surface area contributed by atoms with Crippen molar-refractivity contribution >= 4 is 5.91 Å². The molecule has 1 amide bonds. The van der Waals surface area contributed by atoms with Crippen LogP contribution < -0.4 is 11.2 Å². The SMILES string of the molecule is C#CCC(N)C(=O)NN1CCOCC1. The molecule has 5 nitrogen and oxygen atoms in total. The van der Waals surface area contributed by atoms with E-state index in [9.17, 15) is 4.79 Å². The van der Waals surface area contributed by atoms with Gasteiger partial charge in [0.05, 0.1) is 19.3 Å². The van der Waals surface area contributed by atoms with E-state index in [0.29, 0.717) is 26.3 Å². The third-order valence-electron chi connectivity index (χ3n) is 1.95. The molecule has 14 heavy (non-hydrogen) atoms. The number of nitrogens with one attached hydrogen (secondary N) is 1. The summed E-state index contributed by atoms with van der Waals surface area (Å²) < 4.78 is 5.13. The summed E-state index contributed by atoms with van der Waals surface area (Å²) in [6.45, 7) is 2.64. The van der Waals surface area contributed by atoms with Crippen molar-refractivity contribution in [2.75, 3.05) is 26.3 Å². The molecule has 1 fully saturated rings. The van der Waals surface area contributed by atoms with Crippen molar-refractivity contribution in [2.24, 2.45) is 5.73 Å². The first-order chi connectivity index (χ1) is 6.74. The van der Waals surface area contributed by atoms with E-state index in [2.05, 4.69) is 11.3 Å². The highest BCUT2D eigenvalue weighted by Crippen LogP contribution is 1.94. The second-order valence-electron chi connectivity index (χ2n) is 3.09. The van der Waals surface area contributed by atoms with Crippen LogP contribution in [-0.4, -0.2) is 43.3 Å². The smallest absolute Gasteiger partial charge is 0.252 e. The highest BCUT2D eigenvalue weighted by Gasteiger charge is 2.17. The number of terminal acetylenes is 1. The van der Waals surface area contributed by atoms with Crippen LogP contribution in [0.5, 0.6) is 0 Å². The molecule has 0 aromatic heterocycles. The summed E-state index contributed by atoms with van der Waals surface area (Å²) in [6, 6.07) is -0.622. The van der Waals surface area contributed by atoms with Crippen LogP contribution in [0.25, 0.3) is 0 Å². The van der Waals surface area contributed by atoms with Crippen LogP contribution >= 0.6 is 0 Å². The minimum absolute atomic E-state index is 0.232. The van der Waals surface area contributed by atoms with Gasteiger partial charge in [-0.2, -0.15) is 0 Å². The van der Waals surface area contributed by atoms with Gasteiger partial charge in [0, 0.05) is 19.5 Å². The maximum absolute atomic E-state index is 11.4. The van der Waals surface area contributed by atoms with Crippen LogP contribution in [0.4, 0.5) is 0 Å². The molecule has 3 N–H and O–H groups in total. The van der Waals surface area contributed by atoms with E-state index in [1.165, 1.54) is 0 Å². The van der Waals surface area contributed by atoms with Gasteiger partial charge in [0.25, 0.3) is 5.91 Å². The van der Waals surface area contributed by atoms with E-state index < -0.39 is 6.04 Å². The Morgan fingerprint density at radius 3 is 2.86 bits per heavy atom. The lowest BCUT2D eigenvalue weighted by Gasteiger charge is -2.27. The average molecular weight is 197 g/mol. The molecule has 0 bridgehead atoms. The van der Waals surface area contributed by atoms with Crippen molar-refractivity contribution in [3.8, 4) is 12.3 Å². The summed E-state index contributed by atoms with van der Waals surface area (Å²) in [5.41, 5.74) is 8.23. The van der Waals surface area contributed by atoms with Gasteiger partial charge in [-0.05, 0) is 0 Å². The third kappa shape index (κ3) is 3.34. The van der Waals surface area contributed by atoms with Crippen LogP contribution in [0.2, 0.25) is 0 Å². The van der Waals surface area contributed by atoms with Crippen LogP contribution in [0.3, 0.4) is 0 Å². The second kappa shape index (κ2) is 5.60. The monoisotopic (exact) mass is 197 g/mol. The molecule has 1 rings (SSSR count). The topological polar surface area (TPSA) is 67.6 Å².